The van der Waals surface area contributed by atoms with Gasteiger partial charge >= 0.3 is 0 Å². The van der Waals surface area contributed by atoms with E-state index in [2.05, 4.69) is 143 Å². The molecule has 370 valence electrons. The maximum atomic E-state index is 5.06. The Hall–Kier alpha value is -10.6. The van der Waals surface area contributed by atoms with Crippen LogP contribution in [0.25, 0.3) is 144 Å². The Morgan fingerprint density at radius 2 is 0.633 bits per heavy atom. The van der Waals surface area contributed by atoms with Crippen LogP contribution in [-0.2, 0) is 0 Å². The minimum Gasteiger partial charge on any atom is -0.309 e. The molecule has 0 fully saturated rings. The monoisotopic (exact) mass is 1030 g/mol. The van der Waals surface area contributed by atoms with E-state index in [0.717, 1.165) is 110 Å². The summed E-state index contributed by atoms with van der Waals surface area (Å²) >= 11 is 1.60. The highest BCUT2D eigenvalue weighted by molar-refractivity contribution is 7.18. The van der Waals surface area contributed by atoms with E-state index in [1.165, 1.54) is 0 Å². The van der Waals surface area contributed by atoms with Crippen LogP contribution in [-0.4, -0.2) is 49.2 Å². The smallest absolute Gasteiger partial charge is 0.164 e. The minimum absolute atomic E-state index is 0.598. The topological polar surface area (TPSA) is 113 Å². The van der Waals surface area contributed by atoms with Crippen LogP contribution in [0.2, 0.25) is 0 Å². The van der Waals surface area contributed by atoms with E-state index in [4.69, 9.17) is 40.1 Å². The maximum absolute atomic E-state index is 5.06. The van der Waals surface area contributed by atoms with Gasteiger partial charge in [-0.3, -0.25) is 0 Å². The molecule has 0 atom stereocenters. The third kappa shape index (κ3) is 8.20. The maximum Gasteiger partial charge on any atom is 0.164 e. The predicted octanol–water partition coefficient (Wildman–Crippen LogP) is 16.4. The Balaban J connectivity index is 0.800. The second-order valence-corrected chi connectivity index (χ2v) is 20.2. The van der Waals surface area contributed by atoms with Crippen molar-refractivity contribution in [2.75, 3.05) is 0 Å². The molecule has 11 heteroatoms. The number of hydrogen-bond acceptors (Lipinski definition) is 9. The molecular weight excluding hydrogens is 989 g/mol. The van der Waals surface area contributed by atoms with Crippen molar-refractivity contribution in [1.29, 1.82) is 0 Å². The number of fused-ring (bicyclic) bond motifs is 6. The molecular formula is C68H42N10S. The van der Waals surface area contributed by atoms with Crippen molar-refractivity contribution in [2.24, 2.45) is 0 Å². The van der Waals surface area contributed by atoms with E-state index in [0.29, 0.717) is 34.9 Å². The fourth-order valence-electron chi connectivity index (χ4n) is 10.8. The summed E-state index contributed by atoms with van der Waals surface area (Å²) in [6.07, 6.45) is 0. The van der Waals surface area contributed by atoms with Gasteiger partial charge in [0.2, 0.25) is 0 Å². The third-order valence-corrected chi connectivity index (χ3v) is 15.4. The Kier molecular flexibility index (Phi) is 11.1. The van der Waals surface area contributed by atoms with Gasteiger partial charge in [0.25, 0.3) is 0 Å². The molecule has 10 aromatic carbocycles. The highest BCUT2D eigenvalue weighted by Crippen LogP contribution is 2.42. The van der Waals surface area contributed by atoms with Crippen molar-refractivity contribution in [2.45, 2.75) is 0 Å². The molecule has 10 nitrogen and oxygen atoms in total. The fraction of sp³-hybridized carbons (Fsp3) is 0. The standard InChI is InChI=1S/C68H42N10S/c1-5-20-43(21-6-1)61-69-62(44-22-7-2-8-23-44)72-65(71-61)47-28-17-30-50(40-47)77-56-35-15-13-32-52(56)55-42-49(38-39-58(55)77)67-75-76-68(79-67)54-34-19-37-59-60(54)53-33-14-16-36-57(53)78(59)51-31-18-29-48(41-51)66-73-63(45-24-9-3-10-25-45)70-64(74-66)46-26-11-4-12-27-46/h1-42H. The summed E-state index contributed by atoms with van der Waals surface area (Å²) in [6, 6.07) is 87.4. The summed E-state index contributed by atoms with van der Waals surface area (Å²) in [4.78, 5) is 30.1. The first-order chi connectivity index (χ1) is 39.1. The van der Waals surface area contributed by atoms with Crippen LogP contribution in [0.15, 0.2) is 255 Å². The summed E-state index contributed by atoms with van der Waals surface area (Å²) < 4.78 is 4.64. The SMILES string of the molecule is c1ccc(-c2nc(-c3ccccc3)nc(-c3cccc(-n4c5ccccc5c5cc(-c6nnc(-c7cccc8c7c7ccccc7n8-c7cccc(-c8nc(-c9ccccc9)nc(-c9ccccc9)n8)c7)s6)ccc54)c3)n2)cc1. The summed E-state index contributed by atoms with van der Waals surface area (Å²) in [7, 11) is 0. The normalized spacial score (nSPS) is 11.5. The average molecular weight is 1030 g/mol. The van der Waals surface area contributed by atoms with Gasteiger partial charge in [0, 0.05) is 77.4 Å². The quantitative estimate of drug-likeness (QED) is 0.133. The van der Waals surface area contributed by atoms with Gasteiger partial charge in [-0.15, -0.1) is 10.2 Å². The van der Waals surface area contributed by atoms with Crippen LogP contribution in [0.4, 0.5) is 0 Å². The van der Waals surface area contributed by atoms with Crippen LogP contribution in [0.1, 0.15) is 0 Å². The summed E-state index contributed by atoms with van der Waals surface area (Å²) in [5.74, 6) is 3.69. The van der Waals surface area contributed by atoms with Gasteiger partial charge < -0.3 is 9.13 Å². The lowest BCUT2D eigenvalue weighted by Crippen LogP contribution is -2.01. The highest BCUT2D eigenvalue weighted by Gasteiger charge is 2.22. The molecule has 0 unspecified atom stereocenters. The summed E-state index contributed by atoms with van der Waals surface area (Å²) in [6.45, 7) is 0. The van der Waals surface area contributed by atoms with E-state index in [1.54, 1.807) is 11.3 Å². The van der Waals surface area contributed by atoms with Gasteiger partial charge in [0.05, 0.1) is 22.1 Å². The largest absolute Gasteiger partial charge is 0.309 e. The highest BCUT2D eigenvalue weighted by atomic mass is 32.1. The Morgan fingerprint density at radius 1 is 0.253 bits per heavy atom. The first-order valence-corrected chi connectivity index (χ1v) is 26.8. The molecule has 0 bridgehead atoms. The van der Waals surface area contributed by atoms with Crippen molar-refractivity contribution in [3.63, 3.8) is 0 Å². The van der Waals surface area contributed by atoms with Crippen LogP contribution < -0.4 is 0 Å². The van der Waals surface area contributed by atoms with Crippen molar-refractivity contribution >= 4 is 54.9 Å². The Morgan fingerprint density at radius 3 is 1.15 bits per heavy atom. The third-order valence-electron chi connectivity index (χ3n) is 14.4. The molecule has 15 aromatic rings. The van der Waals surface area contributed by atoms with Crippen LogP contribution in [0, 0.1) is 0 Å². The van der Waals surface area contributed by atoms with Crippen LogP contribution in [0.5, 0.6) is 0 Å². The zero-order chi connectivity index (χ0) is 52.2. The lowest BCUT2D eigenvalue weighted by molar-refractivity contribution is 1.07. The molecule has 79 heavy (non-hydrogen) atoms. The molecule has 0 amide bonds. The molecule has 0 saturated heterocycles. The lowest BCUT2D eigenvalue weighted by Gasteiger charge is -2.11. The molecule has 0 aliphatic carbocycles. The molecule has 15 rings (SSSR count). The molecule has 5 heterocycles. The Labute approximate surface area is 457 Å². The fourth-order valence-corrected chi connectivity index (χ4v) is 11.6. The van der Waals surface area contributed by atoms with Crippen molar-refractivity contribution in [3.8, 4) is 101 Å². The van der Waals surface area contributed by atoms with Crippen molar-refractivity contribution < 1.29 is 0 Å². The zero-order valence-electron chi connectivity index (χ0n) is 42.1. The van der Waals surface area contributed by atoms with Gasteiger partial charge in [0.15, 0.2) is 34.9 Å². The molecule has 5 aromatic heterocycles. The van der Waals surface area contributed by atoms with Crippen molar-refractivity contribution in [1.82, 2.24) is 49.2 Å². The number of benzene rings is 10. The molecule has 0 saturated carbocycles. The van der Waals surface area contributed by atoms with Gasteiger partial charge in [-0.25, -0.2) is 29.9 Å². The molecule has 0 aliphatic rings. The predicted molar refractivity (Wildman–Crippen MR) is 319 cm³/mol. The first-order valence-electron chi connectivity index (χ1n) is 26.0. The average Bonchev–Trinajstić information content (AvgIpc) is 4.45. The number of rotatable bonds is 10. The lowest BCUT2D eigenvalue weighted by atomic mass is 10.1. The molecule has 0 aliphatic heterocycles. The summed E-state index contributed by atoms with van der Waals surface area (Å²) in [5, 5.41) is 16.0. The summed E-state index contributed by atoms with van der Waals surface area (Å²) in [5.41, 5.74) is 13.8. The van der Waals surface area contributed by atoms with E-state index >= 15 is 0 Å². The van der Waals surface area contributed by atoms with Crippen LogP contribution >= 0.6 is 11.3 Å². The minimum atomic E-state index is 0.598. The number of hydrogen-bond donors (Lipinski definition) is 0. The molecule has 0 radical (unpaired) electrons. The van der Waals surface area contributed by atoms with E-state index in [-0.39, 0.29) is 0 Å². The molecule has 0 spiro atoms. The van der Waals surface area contributed by atoms with E-state index in [1.807, 2.05) is 121 Å². The van der Waals surface area contributed by atoms with Crippen LogP contribution in [0.3, 0.4) is 0 Å². The van der Waals surface area contributed by atoms with E-state index in [9.17, 15) is 0 Å². The number of aromatic nitrogens is 10. The van der Waals surface area contributed by atoms with Gasteiger partial charge in [0.1, 0.15) is 10.0 Å². The number of para-hydroxylation sites is 2. The Bertz CT molecular complexity index is 4670. The number of nitrogens with zero attached hydrogens (tertiary/aromatic N) is 10. The van der Waals surface area contributed by atoms with Crippen molar-refractivity contribution in [3.05, 3.63) is 255 Å². The zero-order valence-corrected chi connectivity index (χ0v) is 42.9. The van der Waals surface area contributed by atoms with E-state index < -0.39 is 0 Å². The first kappa shape index (κ1) is 45.7. The van der Waals surface area contributed by atoms with Gasteiger partial charge in [-0.1, -0.05) is 205 Å². The van der Waals surface area contributed by atoms with Gasteiger partial charge in [-0.2, -0.15) is 0 Å². The second kappa shape index (κ2) is 19.2. The molecule has 0 N–H and O–H groups in total. The second-order valence-electron chi connectivity index (χ2n) is 19.2. The van der Waals surface area contributed by atoms with Gasteiger partial charge in [-0.05, 0) is 60.7 Å².